The Balaban J connectivity index is 1.60. The molecular formula is C22H30N4O. The number of likely N-dealkylation sites (tertiary alicyclic amines) is 1. The fourth-order valence-electron chi connectivity index (χ4n) is 3.70. The number of carbonyl (C=O) groups excluding carboxylic acids is 1. The number of hydrogen-bond donors (Lipinski definition) is 1. The Morgan fingerprint density at radius 2 is 1.85 bits per heavy atom. The number of nitrogens with one attached hydrogen (secondary N) is 1. The zero-order chi connectivity index (χ0) is 19.4. The molecule has 1 amide bonds. The van der Waals surface area contributed by atoms with Crippen molar-refractivity contribution in [2.75, 3.05) is 37.4 Å². The molecule has 2 aromatic rings. The quantitative estimate of drug-likeness (QED) is 0.892. The molecule has 2 heterocycles. The van der Waals surface area contributed by atoms with Crippen molar-refractivity contribution in [2.45, 2.75) is 39.2 Å². The number of carbonyl (C=O) groups is 1. The zero-order valence-electron chi connectivity index (χ0n) is 16.8. The fraction of sp³-hybridized carbons (Fsp3) is 0.455. The van der Waals surface area contributed by atoms with Crippen LogP contribution in [-0.4, -0.2) is 49.0 Å². The number of nitrogens with zero attached hydrogens (tertiary/aromatic N) is 3. The minimum Gasteiger partial charge on any atom is -0.381 e. The lowest BCUT2D eigenvalue weighted by atomic mass is 10.1. The molecule has 0 saturated carbocycles. The van der Waals surface area contributed by atoms with Crippen LogP contribution in [0.3, 0.4) is 0 Å². The second-order valence-electron chi connectivity index (χ2n) is 7.74. The average molecular weight is 367 g/mol. The zero-order valence-corrected chi connectivity index (χ0v) is 16.8. The molecule has 1 aliphatic rings. The van der Waals surface area contributed by atoms with Crippen LogP contribution in [-0.2, 0) is 0 Å². The van der Waals surface area contributed by atoms with Crippen molar-refractivity contribution >= 4 is 17.4 Å². The molecule has 0 spiro atoms. The summed E-state index contributed by atoms with van der Waals surface area (Å²) in [6.07, 6.45) is 4.91. The van der Waals surface area contributed by atoms with Gasteiger partial charge in [-0.1, -0.05) is 17.2 Å². The number of pyridine rings is 1. The van der Waals surface area contributed by atoms with Crippen molar-refractivity contribution in [3.63, 3.8) is 0 Å². The van der Waals surface area contributed by atoms with Gasteiger partial charge in [0.15, 0.2) is 0 Å². The van der Waals surface area contributed by atoms with E-state index >= 15 is 0 Å². The second-order valence-corrected chi connectivity index (χ2v) is 7.74. The van der Waals surface area contributed by atoms with Crippen LogP contribution < -0.4 is 10.2 Å². The molecule has 5 heteroatoms. The predicted octanol–water partition coefficient (Wildman–Crippen LogP) is 3.87. The van der Waals surface area contributed by atoms with E-state index in [0.29, 0.717) is 6.04 Å². The first-order valence-electron chi connectivity index (χ1n) is 9.70. The lowest BCUT2D eigenvalue weighted by molar-refractivity contribution is 0.0761. The molecule has 1 aliphatic heterocycles. The standard InChI is InChI=1S/C22H30N4O/c1-16-12-17(2)14-18(13-16)22(27)26-10-5-6-19(9-11-26)24-20-7-8-21(23-15-20)25(3)4/h7-8,12-15,19,24H,5-6,9-11H2,1-4H3. The smallest absolute Gasteiger partial charge is 0.253 e. The first kappa shape index (κ1) is 19.2. The van der Waals surface area contributed by atoms with Gasteiger partial charge in [-0.15, -0.1) is 0 Å². The number of hydrogen-bond acceptors (Lipinski definition) is 4. The summed E-state index contributed by atoms with van der Waals surface area (Å²) in [6.45, 7) is 5.69. The van der Waals surface area contributed by atoms with Gasteiger partial charge in [0.05, 0.1) is 11.9 Å². The molecule has 1 aromatic heterocycles. The first-order valence-corrected chi connectivity index (χ1v) is 9.70. The number of rotatable bonds is 4. The maximum atomic E-state index is 12.9. The van der Waals surface area contributed by atoms with Crippen molar-refractivity contribution in [3.8, 4) is 0 Å². The van der Waals surface area contributed by atoms with Crippen LogP contribution in [0.15, 0.2) is 36.5 Å². The molecule has 0 bridgehead atoms. The summed E-state index contributed by atoms with van der Waals surface area (Å²) in [6, 6.07) is 10.6. The van der Waals surface area contributed by atoms with Crippen LogP contribution in [0.2, 0.25) is 0 Å². The molecule has 5 nitrogen and oxygen atoms in total. The molecule has 1 unspecified atom stereocenters. The lowest BCUT2D eigenvalue weighted by Crippen LogP contribution is -2.32. The van der Waals surface area contributed by atoms with Gasteiger partial charge in [0, 0.05) is 38.8 Å². The third kappa shape index (κ3) is 5.00. The Kier molecular flexibility index (Phi) is 5.99. The molecular weight excluding hydrogens is 336 g/mol. The Morgan fingerprint density at radius 1 is 1.11 bits per heavy atom. The highest BCUT2D eigenvalue weighted by atomic mass is 16.2. The van der Waals surface area contributed by atoms with Crippen molar-refractivity contribution in [1.82, 2.24) is 9.88 Å². The van der Waals surface area contributed by atoms with Crippen LogP contribution in [0.4, 0.5) is 11.5 Å². The topological polar surface area (TPSA) is 48.5 Å². The summed E-state index contributed by atoms with van der Waals surface area (Å²) in [5, 5.41) is 3.59. The van der Waals surface area contributed by atoms with Crippen molar-refractivity contribution in [1.29, 1.82) is 0 Å². The first-order chi connectivity index (χ1) is 12.9. The summed E-state index contributed by atoms with van der Waals surface area (Å²) in [5.74, 6) is 1.10. The van der Waals surface area contributed by atoms with Gasteiger partial charge in [-0.25, -0.2) is 4.98 Å². The molecule has 0 aliphatic carbocycles. The predicted molar refractivity (Wildman–Crippen MR) is 112 cm³/mol. The average Bonchev–Trinajstić information content (AvgIpc) is 2.86. The molecule has 1 N–H and O–H groups in total. The summed E-state index contributed by atoms with van der Waals surface area (Å²) in [4.78, 5) is 21.4. The third-order valence-electron chi connectivity index (χ3n) is 5.06. The van der Waals surface area contributed by atoms with Crippen LogP contribution >= 0.6 is 0 Å². The molecule has 1 fully saturated rings. The molecule has 144 valence electrons. The van der Waals surface area contributed by atoms with Crippen LogP contribution in [0.25, 0.3) is 0 Å². The molecule has 27 heavy (non-hydrogen) atoms. The van der Waals surface area contributed by atoms with Crippen LogP contribution in [0.5, 0.6) is 0 Å². The van der Waals surface area contributed by atoms with Crippen LogP contribution in [0, 0.1) is 13.8 Å². The fourth-order valence-corrected chi connectivity index (χ4v) is 3.70. The van der Waals surface area contributed by atoms with E-state index in [1.54, 1.807) is 0 Å². The van der Waals surface area contributed by atoms with E-state index in [1.165, 1.54) is 0 Å². The molecule has 1 aromatic carbocycles. The van der Waals surface area contributed by atoms with Gasteiger partial charge >= 0.3 is 0 Å². The number of benzene rings is 1. The summed E-state index contributed by atoms with van der Waals surface area (Å²) < 4.78 is 0. The molecule has 1 atom stereocenters. The Labute approximate surface area is 162 Å². The molecule has 0 radical (unpaired) electrons. The highest BCUT2D eigenvalue weighted by molar-refractivity contribution is 5.94. The van der Waals surface area contributed by atoms with E-state index < -0.39 is 0 Å². The van der Waals surface area contributed by atoms with E-state index in [4.69, 9.17) is 0 Å². The summed E-state index contributed by atoms with van der Waals surface area (Å²) in [7, 11) is 3.98. The molecule has 1 saturated heterocycles. The van der Waals surface area contributed by atoms with Gasteiger partial charge in [-0.3, -0.25) is 4.79 Å². The minimum absolute atomic E-state index is 0.152. The normalized spacial score (nSPS) is 17.3. The summed E-state index contributed by atoms with van der Waals surface area (Å²) >= 11 is 0. The Morgan fingerprint density at radius 3 is 2.48 bits per heavy atom. The second kappa shape index (κ2) is 8.42. The molecule has 3 rings (SSSR count). The van der Waals surface area contributed by atoms with Gasteiger partial charge in [0.2, 0.25) is 0 Å². The van der Waals surface area contributed by atoms with E-state index in [1.807, 2.05) is 62.1 Å². The lowest BCUT2D eigenvalue weighted by Gasteiger charge is -2.22. The van der Waals surface area contributed by atoms with E-state index in [-0.39, 0.29) is 5.91 Å². The number of aryl methyl sites for hydroxylation is 2. The minimum atomic E-state index is 0.152. The summed E-state index contributed by atoms with van der Waals surface area (Å²) in [5.41, 5.74) is 4.13. The maximum absolute atomic E-state index is 12.9. The Bertz CT molecular complexity index is 765. The maximum Gasteiger partial charge on any atom is 0.253 e. The monoisotopic (exact) mass is 366 g/mol. The SMILES string of the molecule is Cc1cc(C)cc(C(=O)N2CCCC(Nc3ccc(N(C)C)nc3)CC2)c1. The van der Waals surface area contributed by atoms with Gasteiger partial charge in [0.25, 0.3) is 5.91 Å². The van der Waals surface area contributed by atoms with E-state index in [2.05, 4.69) is 22.4 Å². The highest BCUT2D eigenvalue weighted by Gasteiger charge is 2.22. The number of amides is 1. The Hall–Kier alpha value is -2.56. The number of aromatic nitrogens is 1. The largest absolute Gasteiger partial charge is 0.381 e. The highest BCUT2D eigenvalue weighted by Crippen LogP contribution is 2.20. The van der Waals surface area contributed by atoms with E-state index in [0.717, 1.165) is 60.5 Å². The van der Waals surface area contributed by atoms with Gasteiger partial charge in [-0.2, -0.15) is 0 Å². The van der Waals surface area contributed by atoms with Crippen molar-refractivity contribution in [2.24, 2.45) is 0 Å². The number of anilines is 2. The van der Waals surface area contributed by atoms with Crippen molar-refractivity contribution in [3.05, 3.63) is 53.2 Å². The van der Waals surface area contributed by atoms with E-state index in [9.17, 15) is 4.79 Å². The van der Waals surface area contributed by atoms with Gasteiger partial charge in [0.1, 0.15) is 5.82 Å². The van der Waals surface area contributed by atoms with Gasteiger partial charge < -0.3 is 15.1 Å². The third-order valence-corrected chi connectivity index (χ3v) is 5.06. The van der Waals surface area contributed by atoms with Gasteiger partial charge in [-0.05, 0) is 57.4 Å². The van der Waals surface area contributed by atoms with Crippen LogP contribution in [0.1, 0.15) is 40.7 Å². The van der Waals surface area contributed by atoms with Crippen molar-refractivity contribution < 1.29 is 4.79 Å².